The topological polar surface area (TPSA) is 77.4 Å². The molecule has 0 spiro atoms. The molecule has 1 aromatic heterocycles. The highest BCUT2D eigenvalue weighted by Crippen LogP contribution is 2.18. The Kier molecular flexibility index (Phi) is 4.27. The molecule has 1 heterocycles. The van der Waals surface area contributed by atoms with Crippen molar-refractivity contribution in [2.24, 2.45) is 0 Å². The molecular formula is C15H18N2O4S. The molecule has 0 unspecified atom stereocenters. The number of carbonyl (C=O) groups is 1. The highest BCUT2D eigenvalue weighted by Gasteiger charge is 2.19. The fourth-order valence-corrected chi connectivity index (χ4v) is 2.95. The van der Waals surface area contributed by atoms with Crippen LogP contribution in [0.1, 0.15) is 20.8 Å². The predicted molar refractivity (Wildman–Crippen MR) is 83.3 cm³/mol. The number of carbonyl (C=O) groups excluding carboxylic acids is 1. The van der Waals surface area contributed by atoms with Gasteiger partial charge in [-0.05, 0) is 39.0 Å². The highest BCUT2D eigenvalue weighted by atomic mass is 32.2. The maximum absolute atomic E-state index is 12.4. The third-order valence-electron chi connectivity index (χ3n) is 2.63. The van der Waals surface area contributed by atoms with Gasteiger partial charge in [-0.25, -0.2) is 17.2 Å². The lowest BCUT2D eigenvalue weighted by molar-refractivity contribution is 0.0636. The molecule has 0 aliphatic carbocycles. The van der Waals surface area contributed by atoms with Crippen molar-refractivity contribution in [1.82, 2.24) is 3.97 Å². The molecule has 0 aliphatic heterocycles. The number of rotatable bonds is 3. The van der Waals surface area contributed by atoms with E-state index in [-0.39, 0.29) is 4.90 Å². The van der Waals surface area contributed by atoms with E-state index in [1.54, 1.807) is 39.0 Å². The number of nitrogens with one attached hydrogen (secondary N) is 1. The number of hydrogen-bond acceptors (Lipinski definition) is 4. The Morgan fingerprint density at radius 2 is 1.77 bits per heavy atom. The average Bonchev–Trinajstić information content (AvgIpc) is 2.86. The van der Waals surface area contributed by atoms with Crippen LogP contribution in [0.4, 0.5) is 10.5 Å². The quantitative estimate of drug-likeness (QED) is 0.942. The van der Waals surface area contributed by atoms with E-state index in [2.05, 4.69) is 5.32 Å². The molecule has 1 amide bonds. The van der Waals surface area contributed by atoms with Crippen LogP contribution in [0.5, 0.6) is 0 Å². The maximum atomic E-state index is 12.4. The first kappa shape index (κ1) is 16.1. The van der Waals surface area contributed by atoms with Gasteiger partial charge in [0.05, 0.1) is 10.6 Å². The molecule has 0 atom stereocenters. The molecule has 0 saturated carbocycles. The van der Waals surface area contributed by atoms with Crippen molar-refractivity contribution in [3.05, 3.63) is 48.8 Å². The summed E-state index contributed by atoms with van der Waals surface area (Å²) in [4.78, 5) is 11.8. The summed E-state index contributed by atoms with van der Waals surface area (Å²) in [5.74, 6) is 0. The van der Waals surface area contributed by atoms with Gasteiger partial charge in [-0.1, -0.05) is 18.2 Å². The minimum Gasteiger partial charge on any atom is -0.444 e. The Balaban J connectivity index is 2.17. The lowest BCUT2D eigenvalue weighted by Crippen LogP contribution is -2.27. The second-order valence-electron chi connectivity index (χ2n) is 5.68. The summed E-state index contributed by atoms with van der Waals surface area (Å²) in [6.07, 6.45) is 2.06. The van der Waals surface area contributed by atoms with Gasteiger partial charge in [0.1, 0.15) is 5.60 Å². The van der Waals surface area contributed by atoms with Crippen molar-refractivity contribution < 1.29 is 17.9 Å². The van der Waals surface area contributed by atoms with Crippen LogP contribution in [-0.4, -0.2) is 24.1 Å². The van der Waals surface area contributed by atoms with Crippen LogP contribution in [0.25, 0.3) is 0 Å². The van der Waals surface area contributed by atoms with E-state index in [0.717, 1.165) is 3.97 Å². The van der Waals surface area contributed by atoms with Gasteiger partial charge in [0.15, 0.2) is 0 Å². The molecule has 0 saturated heterocycles. The molecular weight excluding hydrogens is 304 g/mol. The molecule has 7 heteroatoms. The highest BCUT2D eigenvalue weighted by molar-refractivity contribution is 7.90. The van der Waals surface area contributed by atoms with Crippen molar-refractivity contribution in [2.45, 2.75) is 31.3 Å². The van der Waals surface area contributed by atoms with Gasteiger partial charge in [-0.2, -0.15) is 0 Å². The fourth-order valence-electron chi connectivity index (χ4n) is 1.74. The Morgan fingerprint density at radius 1 is 1.14 bits per heavy atom. The molecule has 0 radical (unpaired) electrons. The van der Waals surface area contributed by atoms with E-state index in [1.165, 1.54) is 30.6 Å². The van der Waals surface area contributed by atoms with Gasteiger partial charge >= 0.3 is 6.09 Å². The third-order valence-corrected chi connectivity index (χ3v) is 4.28. The SMILES string of the molecule is CC(C)(C)OC(=O)Nc1ccn(S(=O)(=O)c2ccccc2)c1. The number of nitrogens with zero attached hydrogens (tertiary/aromatic N) is 1. The number of amides is 1. The number of benzene rings is 1. The number of hydrogen-bond donors (Lipinski definition) is 1. The minimum atomic E-state index is -3.66. The van der Waals surface area contributed by atoms with E-state index in [0.29, 0.717) is 5.69 Å². The number of aromatic nitrogens is 1. The summed E-state index contributed by atoms with van der Waals surface area (Å²) in [5.41, 5.74) is -0.281. The van der Waals surface area contributed by atoms with Crippen LogP contribution in [0.2, 0.25) is 0 Å². The van der Waals surface area contributed by atoms with Crippen molar-refractivity contribution in [3.8, 4) is 0 Å². The van der Waals surface area contributed by atoms with E-state index in [9.17, 15) is 13.2 Å². The Morgan fingerprint density at radius 3 is 2.36 bits per heavy atom. The second kappa shape index (κ2) is 5.84. The Hall–Kier alpha value is -2.28. The van der Waals surface area contributed by atoms with Crippen molar-refractivity contribution in [3.63, 3.8) is 0 Å². The van der Waals surface area contributed by atoms with E-state index in [1.807, 2.05) is 0 Å². The lowest BCUT2D eigenvalue weighted by Gasteiger charge is -2.19. The first-order chi connectivity index (χ1) is 10.2. The van der Waals surface area contributed by atoms with Crippen LogP contribution in [-0.2, 0) is 14.8 Å². The molecule has 118 valence electrons. The van der Waals surface area contributed by atoms with Crippen LogP contribution in [0, 0.1) is 0 Å². The van der Waals surface area contributed by atoms with Gasteiger partial charge in [0.2, 0.25) is 0 Å². The summed E-state index contributed by atoms with van der Waals surface area (Å²) < 4.78 is 30.9. The van der Waals surface area contributed by atoms with Crippen LogP contribution in [0.15, 0.2) is 53.7 Å². The molecule has 1 aromatic carbocycles. The van der Waals surface area contributed by atoms with Gasteiger partial charge in [-0.3, -0.25) is 5.32 Å². The fraction of sp³-hybridized carbons (Fsp3) is 0.267. The van der Waals surface area contributed by atoms with Crippen molar-refractivity contribution in [1.29, 1.82) is 0 Å². The number of ether oxygens (including phenoxy) is 1. The summed E-state index contributed by atoms with van der Waals surface area (Å²) in [7, 11) is -3.66. The van der Waals surface area contributed by atoms with Crippen molar-refractivity contribution in [2.75, 3.05) is 5.32 Å². The zero-order valence-corrected chi connectivity index (χ0v) is 13.4. The summed E-state index contributed by atoms with van der Waals surface area (Å²) in [5, 5.41) is 2.50. The molecule has 2 aromatic rings. The van der Waals surface area contributed by atoms with E-state index < -0.39 is 21.7 Å². The number of anilines is 1. The smallest absolute Gasteiger partial charge is 0.412 e. The molecule has 22 heavy (non-hydrogen) atoms. The molecule has 1 N–H and O–H groups in total. The standard InChI is InChI=1S/C15H18N2O4S/c1-15(2,3)21-14(18)16-12-9-10-17(11-12)22(19,20)13-7-5-4-6-8-13/h4-11H,1-3H3,(H,16,18). The zero-order chi connectivity index (χ0) is 16.4. The average molecular weight is 322 g/mol. The molecule has 2 rings (SSSR count). The predicted octanol–water partition coefficient (Wildman–Crippen LogP) is 3.07. The summed E-state index contributed by atoms with van der Waals surface area (Å²) in [6, 6.07) is 9.55. The first-order valence-electron chi connectivity index (χ1n) is 6.67. The van der Waals surface area contributed by atoms with Gasteiger partial charge < -0.3 is 4.74 Å². The van der Waals surface area contributed by atoms with Crippen molar-refractivity contribution >= 4 is 21.8 Å². The van der Waals surface area contributed by atoms with Crippen LogP contribution in [0.3, 0.4) is 0 Å². The molecule has 6 nitrogen and oxygen atoms in total. The monoisotopic (exact) mass is 322 g/mol. The lowest BCUT2D eigenvalue weighted by atomic mass is 10.2. The van der Waals surface area contributed by atoms with Crippen LogP contribution >= 0.6 is 0 Å². The first-order valence-corrected chi connectivity index (χ1v) is 8.11. The normalized spacial score (nSPS) is 12.0. The molecule has 0 aliphatic rings. The maximum Gasteiger partial charge on any atom is 0.412 e. The largest absolute Gasteiger partial charge is 0.444 e. The van der Waals surface area contributed by atoms with Gasteiger partial charge in [0, 0.05) is 12.4 Å². The van der Waals surface area contributed by atoms with Gasteiger partial charge in [-0.15, -0.1) is 0 Å². The minimum absolute atomic E-state index is 0.175. The van der Waals surface area contributed by atoms with Gasteiger partial charge in [0.25, 0.3) is 10.0 Å². The molecule has 0 bridgehead atoms. The van der Waals surface area contributed by atoms with Crippen LogP contribution < -0.4 is 5.32 Å². The molecule has 0 fully saturated rings. The van der Waals surface area contributed by atoms with E-state index in [4.69, 9.17) is 4.74 Å². The summed E-state index contributed by atoms with van der Waals surface area (Å²) >= 11 is 0. The second-order valence-corrected chi connectivity index (χ2v) is 7.52. The van der Waals surface area contributed by atoms with E-state index >= 15 is 0 Å². The Bertz CT molecular complexity index is 758. The Labute approximate surface area is 129 Å². The summed E-state index contributed by atoms with van der Waals surface area (Å²) in [6.45, 7) is 5.24. The zero-order valence-electron chi connectivity index (χ0n) is 12.6. The third kappa shape index (κ3) is 3.88.